The van der Waals surface area contributed by atoms with Crippen molar-refractivity contribution < 1.29 is 14.6 Å². The first-order chi connectivity index (χ1) is 16.0. The number of rotatable bonds is 6. The fraction of sp³-hybridized carbons (Fsp3) is 0.320. The molecule has 0 spiro atoms. The van der Waals surface area contributed by atoms with Gasteiger partial charge in [0.15, 0.2) is 0 Å². The fourth-order valence-corrected chi connectivity index (χ4v) is 4.40. The molecule has 1 aliphatic carbocycles. The Morgan fingerprint density at radius 2 is 2.03 bits per heavy atom. The molecule has 1 aliphatic rings. The molecule has 0 radical (unpaired) electrons. The van der Waals surface area contributed by atoms with E-state index < -0.39 is 0 Å². The molecule has 4 rings (SSSR count). The van der Waals surface area contributed by atoms with Gasteiger partial charge in [0.25, 0.3) is 5.91 Å². The van der Waals surface area contributed by atoms with Crippen molar-refractivity contribution in [1.82, 2.24) is 10.3 Å². The molecule has 3 aromatic rings. The van der Waals surface area contributed by atoms with E-state index in [0.29, 0.717) is 57.9 Å². The minimum Gasteiger partial charge on any atom is -0.495 e. The highest BCUT2D eigenvalue weighted by atomic mass is 35.5. The van der Waals surface area contributed by atoms with Crippen LogP contribution in [-0.2, 0) is 6.54 Å². The molecule has 1 fully saturated rings. The summed E-state index contributed by atoms with van der Waals surface area (Å²) < 4.78 is 5.22. The van der Waals surface area contributed by atoms with Gasteiger partial charge in [0.05, 0.1) is 46.6 Å². The number of ether oxygens (including phenoxy) is 1. The molecule has 1 amide bonds. The molecule has 33 heavy (non-hydrogen) atoms. The number of nitrogens with zero attached hydrogens (tertiary/aromatic N) is 2. The molecule has 8 heteroatoms. The van der Waals surface area contributed by atoms with Crippen LogP contribution in [0, 0.1) is 11.3 Å². The lowest BCUT2D eigenvalue weighted by atomic mass is 9.93. The van der Waals surface area contributed by atoms with E-state index in [1.165, 1.54) is 0 Å². The first kappa shape index (κ1) is 22.8. The first-order valence-electron chi connectivity index (χ1n) is 10.9. The van der Waals surface area contributed by atoms with Crippen LogP contribution in [0.2, 0.25) is 5.02 Å². The number of methoxy groups -OCH3 is 1. The monoisotopic (exact) mass is 464 g/mol. The van der Waals surface area contributed by atoms with Gasteiger partial charge in [0, 0.05) is 24.2 Å². The first-order valence-corrected chi connectivity index (χ1v) is 11.2. The smallest absolute Gasteiger partial charge is 0.255 e. The number of carbonyl (C=O) groups is 1. The summed E-state index contributed by atoms with van der Waals surface area (Å²) in [7, 11) is 1.56. The SMILES string of the molecule is COc1ccc(CNc2c(C(=O)N[C@H]3CC[C@H](O)CC3)cnc3ccc(C#N)cc23)cc1Cl. The molecule has 0 saturated heterocycles. The fourth-order valence-electron chi connectivity index (χ4n) is 4.12. The molecule has 3 N–H and O–H groups in total. The van der Waals surface area contributed by atoms with Gasteiger partial charge in [-0.2, -0.15) is 5.26 Å². The molecule has 170 valence electrons. The van der Waals surface area contributed by atoms with E-state index in [-0.39, 0.29) is 18.1 Å². The number of aromatic nitrogens is 1. The lowest BCUT2D eigenvalue weighted by Gasteiger charge is -2.26. The molecule has 0 unspecified atom stereocenters. The second-order valence-corrected chi connectivity index (χ2v) is 8.60. The quantitative estimate of drug-likeness (QED) is 0.498. The van der Waals surface area contributed by atoms with E-state index in [2.05, 4.69) is 21.7 Å². The van der Waals surface area contributed by atoms with Gasteiger partial charge in [-0.05, 0) is 61.6 Å². The number of benzene rings is 2. The number of amides is 1. The van der Waals surface area contributed by atoms with Crippen molar-refractivity contribution in [1.29, 1.82) is 5.26 Å². The van der Waals surface area contributed by atoms with Gasteiger partial charge in [0.1, 0.15) is 5.75 Å². The molecular formula is C25H25ClN4O3. The third kappa shape index (κ3) is 5.19. The molecule has 1 saturated carbocycles. The molecule has 0 bridgehead atoms. The predicted molar refractivity (Wildman–Crippen MR) is 128 cm³/mol. The molecule has 7 nitrogen and oxygen atoms in total. The van der Waals surface area contributed by atoms with Crippen molar-refractivity contribution >= 4 is 34.1 Å². The van der Waals surface area contributed by atoms with Crippen molar-refractivity contribution in [2.24, 2.45) is 0 Å². The van der Waals surface area contributed by atoms with Crippen LogP contribution in [0.4, 0.5) is 5.69 Å². The summed E-state index contributed by atoms with van der Waals surface area (Å²) >= 11 is 6.27. The molecule has 0 aliphatic heterocycles. The number of hydrogen-bond donors (Lipinski definition) is 3. The predicted octanol–water partition coefficient (Wildman–Crippen LogP) is 4.41. The van der Waals surface area contributed by atoms with Crippen LogP contribution < -0.4 is 15.4 Å². The third-order valence-electron chi connectivity index (χ3n) is 5.96. The summed E-state index contributed by atoms with van der Waals surface area (Å²) in [5.74, 6) is 0.356. The maximum atomic E-state index is 13.2. The summed E-state index contributed by atoms with van der Waals surface area (Å²) in [5, 5.41) is 26.8. The zero-order chi connectivity index (χ0) is 23.4. The van der Waals surface area contributed by atoms with Crippen molar-refractivity contribution in [3.63, 3.8) is 0 Å². The van der Waals surface area contributed by atoms with Crippen LogP contribution in [-0.4, -0.2) is 35.3 Å². The van der Waals surface area contributed by atoms with Gasteiger partial charge >= 0.3 is 0 Å². The van der Waals surface area contributed by atoms with Crippen molar-refractivity contribution in [2.75, 3.05) is 12.4 Å². The second-order valence-electron chi connectivity index (χ2n) is 8.19. The number of aliphatic hydroxyl groups is 1. The number of nitrogens with one attached hydrogen (secondary N) is 2. The highest BCUT2D eigenvalue weighted by Crippen LogP contribution is 2.30. The largest absolute Gasteiger partial charge is 0.495 e. The van der Waals surface area contributed by atoms with E-state index in [1.54, 1.807) is 37.6 Å². The zero-order valence-corrected chi connectivity index (χ0v) is 19.0. The minimum atomic E-state index is -0.293. The Hall–Kier alpha value is -3.34. The van der Waals surface area contributed by atoms with Crippen LogP contribution in [0.15, 0.2) is 42.6 Å². The zero-order valence-electron chi connectivity index (χ0n) is 18.3. The summed E-state index contributed by atoms with van der Waals surface area (Å²) in [6.07, 6.45) is 4.09. The number of aliphatic hydroxyl groups excluding tert-OH is 1. The Morgan fingerprint density at radius 1 is 1.24 bits per heavy atom. The number of carbonyl (C=O) groups excluding carboxylic acids is 1. The van der Waals surface area contributed by atoms with Gasteiger partial charge in [-0.15, -0.1) is 0 Å². The maximum absolute atomic E-state index is 13.2. The van der Waals surface area contributed by atoms with E-state index in [9.17, 15) is 15.2 Å². The lowest BCUT2D eigenvalue weighted by Crippen LogP contribution is -2.38. The molecule has 1 aromatic heterocycles. The summed E-state index contributed by atoms with van der Waals surface area (Å²) in [6, 6.07) is 12.9. The Balaban J connectivity index is 1.66. The van der Waals surface area contributed by atoms with E-state index in [0.717, 1.165) is 18.4 Å². The van der Waals surface area contributed by atoms with Gasteiger partial charge in [-0.3, -0.25) is 9.78 Å². The average molecular weight is 465 g/mol. The van der Waals surface area contributed by atoms with Crippen molar-refractivity contribution in [3.8, 4) is 11.8 Å². The van der Waals surface area contributed by atoms with E-state index in [1.807, 2.05) is 12.1 Å². The van der Waals surface area contributed by atoms with Crippen LogP contribution >= 0.6 is 11.6 Å². The summed E-state index contributed by atoms with van der Waals surface area (Å²) in [5.41, 5.74) is 3.09. The second kappa shape index (κ2) is 10.1. The summed E-state index contributed by atoms with van der Waals surface area (Å²) in [4.78, 5) is 17.7. The molecular weight excluding hydrogens is 440 g/mol. The van der Waals surface area contributed by atoms with Crippen LogP contribution in [0.1, 0.15) is 47.2 Å². The molecule has 0 atom stereocenters. The number of fused-ring (bicyclic) bond motifs is 1. The van der Waals surface area contributed by atoms with Gasteiger partial charge in [0.2, 0.25) is 0 Å². The van der Waals surface area contributed by atoms with Crippen molar-refractivity contribution in [2.45, 2.75) is 44.4 Å². The van der Waals surface area contributed by atoms with Crippen molar-refractivity contribution in [3.05, 3.63) is 64.3 Å². The summed E-state index contributed by atoms with van der Waals surface area (Å²) in [6.45, 7) is 0.412. The Labute approximate surface area is 197 Å². The average Bonchev–Trinajstić information content (AvgIpc) is 2.83. The normalized spacial score (nSPS) is 17.9. The third-order valence-corrected chi connectivity index (χ3v) is 6.25. The number of pyridine rings is 1. The number of hydrogen-bond acceptors (Lipinski definition) is 6. The van der Waals surface area contributed by atoms with Gasteiger partial charge in [-0.25, -0.2) is 0 Å². The lowest BCUT2D eigenvalue weighted by molar-refractivity contribution is 0.0868. The topological polar surface area (TPSA) is 107 Å². The number of nitriles is 1. The van der Waals surface area contributed by atoms with Crippen LogP contribution in [0.5, 0.6) is 5.75 Å². The van der Waals surface area contributed by atoms with E-state index >= 15 is 0 Å². The molecule has 2 aromatic carbocycles. The number of anilines is 1. The molecule has 1 heterocycles. The maximum Gasteiger partial charge on any atom is 0.255 e. The number of halogens is 1. The van der Waals surface area contributed by atoms with E-state index in [4.69, 9.17) is 16.3 Å². The highest BCUT2D eigenvalue weighted by molar-refractivity contribution is 6.32. The van der Waals surface area contributed by atoms with Crippen LogP contribution in [0.25, 0.3) is 10.9 Å². The Kier molecular flexibility index (Phi) is 6.97. The van der Waals surface area contributed by atoms with Gasteiger partial charge in [-0.1, -0.05) is 17.7 Å². The highest BCUT2D eigenvalue weighted by Gasteiger charge is 2.23. The van der Waals surface area contributed by atoms with Gasteiger partial charge < -0.3 is 20.5 Å². The Bertz CT molecular complexity index is 1220. The van der Waals surface area contributed by atoms with Crippen LogP contribution in [0.3, 0.4) is 0 Å². The minimum absolute atomic E-state index is 0.00952. The standard InChI is InChI=1S/C25H25ClN4O3/c1-33-23-9-3-16(11-21(23)26)13-29-24-19-10-15(12-27)2-8-22(19)28-14-20(24)25(32)30-17-4-6-18(31)7-5-17/h2-3,8-11,14,17-18,31H,4-7,13H2,1H3,(H,28,29)(H,30,32)/t17-,18-. The Morgan fingerprint density at radius 3 is 2.73 bits per heavy atom.